The summed E-state index contributed by atoms with van der Waals surface area (Å²) in [7, 11) is 0. The number of aromatic nitrogens is 1. The Morgan fingerprint density at radius 2 is 1.97 bits per heavy atom. The minimum absolute atomic E-state index is 0.0326. The van der Waals surface area contributed by atoms with Crippen LogP contribution in [-0.4, -0.2) is 52.2 Å². The van der Waals surface area contributed by atoms with Crippen LogP contribution in [0.5, 0.6) is 0 Å². The molecule has 1 aromatic heterocycles. The summed E-state index contributed by atoms with van der Waals surface area (Å²) in [6, 6.07) is 7.62. The second kappa shape index (κ2) is 11.3. The van der Waals surface area contributed by atoms with Crippen molar-refractivity contribution in [1.82, 2.24) is 15.2 Å². The second-order valence-electron chi connectivity index (χ2n) is 7.35. The largest absolute Gasteiger partial charge is 0.462 e. The maximum atomic E-state index is 14.2. The Kier molecular flexibility index (Phi) is 8.18. The van der Waals surface area contributed by atoms with Gasteiger partial charge >= 0.3 is 11.9 Å². The molecule has 1 aliphatic heterocycles. The highest BCUT2D eigenvalue weighted by atomic mass is 19.1. The predicted octanol–water partition coefficient (Wildman–Crippen LogP) is 3.31. The van der Waals surface area contributed by atoms with E-state index in [2.05, 4.69) is 10.3 Å². The molecule has 0 radical (unpaired) electrons. The number of amides is 1. The Morgan fingerprint density at radius 1 is 1.18 bits per heavy atom. The van der Waals surface area contributed by atoms with Gasteiger partial charge in [0.1, 0.15) is 17.6 Å². The Hall–Kier alpha value is -3.95. The van der Waals surface area contributed by atoms with E-state index in [-0.39, 0.29) is 36.4 Å². The molecule has 1 N–H and O–H groups in total. The number of nitrogens with one attached hydrogen (secondary N) is 1. The van der Waals surface area contributed by atoms with Gasteiger partial charge in [0, 0.05) is 30.9 Å². The van der Waals surface area contributed by atoms with Crippen LogP contribution < -0.4 is 5.32 Å². The van der Waals surface area contributed by atoms with Crippen LogP contribution in [-0.2, 0) is 24.0 Å². The number of hydroxylamine groups is 1. The zero-order valence-electron chi connectivity index (χ0n) is 19.3. The van der Waals surface area contributed by atoms with Crippen LogP contribution in [0.25, 0.3) is 5.70 Å². The van der Waals surface area contributed by atoms with Crippen LogP contribution in [0.3, 0.4) is 0 Å². The highest BCUT2D eigenvalue weighted by Gasteiger charge is 2.45. The molecule has 2 aromatic rings. The zero-order valence-corrected chi connectivity index (χ0v) is 19.3. The number of benzene rings is 1. The van der Waals surface area contributed by atoms with Gasteiger partial charge in [0.25, 0.3) is 5.91 Å². The SMILES string of the molecule is CCCC(=O)ON1C(c2cccc(F)c2)=C(C(=O)OCC)C(Nc2cccnc2)C(=O)N1CC. The van der Waals surface area contributed by atoms with Crippen LogP contribution in [0.2, 0.25) is 0 Å². The molecular formula is C24H27FN4O5. The van der Waals surface area contributed by atoms with Crippen molar-refractivity contribution in [2.75, 3.05) is 18.5 Å². The number of carbonyl (C=O) groups is 3. The topological polar surface area (TPSA) is 101 Å². The lowest BCUT2D eigenvalue weighted by Crippen LogP contribution is -2.57. The number of halogens is 1. The minimum Gasteiger partial charge on any atom is -0.462 e. The molecule has 10 heteroatoms. The van der Waals surface area contributed by atoms with Gasteiger partial charge in [-0.1, -0.05) is 19.1 Å². The first-order chi connectivity index (χ1) is 16.4. The molecule has 0 saturated heterocycles. The fourth-order valence-electron chi connectivity index (χ4n) is 3.52. The van der Waals surface area contributed by atoms with Crippen molar-refractivity contribution in [3.05, 3.63) is 65.7 Å². The van der Waals surface area contributed by atoms with E-state index in [1.54, 1.807) is 45.2 Å². The average Bonchev–Trinajstić information content (AvgIpc) is 2.81. The molecule has 1 atom stereocenters. The number of hydrogen-bond acceptors (Lipinski definition) is 8. The summed E-state index contributed by atoms with van der Waals surface area (Å²) in [6.07, 6.45) is 3.68. The first kappa shape index (κ1) is 24.7. The number of nitrogens with zero attached hydrogens (tertiary/aromatic N) is 3. The van der Waals surface area contributed by atoms with E-state index in [4.69, 9.17) is 9.57 Å². The van der Waals surface area contributed by atoms with E-state index in [9.17, 15) is 18.8 Å². The molecule has 0 aliphatic carbocycles. The van der Waals surface area contributed by atoms with Gasteiger partial charge in [-0.05, 0) is 44.5 Å². The van der Waals surface area contributed by atoms with Gasteiger partial charge in [-0.3, -0.25) is 9.78 Å². The first-order valence-corrected chi connectivity index (χ1v) is 11.1. The van der Waals surface area contributed by atoms with Crippen molar-refractivity contribution >= 4 is 29.2 Å². The van der Waals surface area contributed by atoms with Crippen LogP contribution >= 0.6 is 0 Å². The summed E-state index contributed by atoms with van der Waals surface area (Å²) in [5, 5.41) is 5.18. The third kappa shape index (κ3) is 5.33. The van der Waals surface area contributed by atoms with Gasteiger partial charge < -0.3 is 14.9 Å². The first-order valence-electron chi connectivity index (χ1n) is 11.1. The van der Waals surface area contributed by atoms with Gasteiger partial charge in [0.15, 0.2) is 0 Å². The number of pyridine rings is 1. The predicted molar refractivity (Wildman–Crippen MR) is 122 cm³/mol. The fraction of sp³-hybridized carbons (Fsp3) is 0.333. The van der Waals surface area contributed by atoms with Crippen LogP contribution in [0.15, 0.2) is 54.4 Å². The van der Waals surface area contributed by atoms with Gasteiger partial charge in [-0.2, -0.15) is 0 Å². The summed E-state index contributed by atoms with van der Waals surface area (Å²) in [6.45, 7) is 5.28. The highest BCUT2D eigenvalue weighted by molar-refractivity contribution is 6.08. The lowest BCUT2D eigenvalue weighted by Gasteiger charge is -2.42. The Bertz CT molecular complexity index is 1080. The minimum atomic E-state index is -1.21. The molecule has 0 saturated carbocycles. The number of ether oxygens (including phenoxy) is 1. The van der Waals surface area contributed by atoms with Crippen LogP contribution in [0.1, 0.15) is 39.2 Å². The Balaban J connectivity index is 2.27. The number of hydrogen-bond donors (Lipinski definition) is 1. The lowest BCUT2D eigenvalue weighted by atomic mass is 9.96. The monoisotopic (exact) mass is 470 g/mol. The number of rotatable bonds is 9. The zero-order chi connectivity index (χ0) is 24.7. The molecule has 0 spiro atoms. The molecule has 9 nitrogen and oxygen atoms in total. The maximum Gasteiger partial charge on any atom is 0.339 e. The van der Waals surface area contributed by atoms with Gasteiger partial charge in [0.05, 0.1) is 17.9 Å². The van der Waals surface area contributed by atoms with Crippen LogP contribution in [0, 0.1) is 5.82 Å². The molecule has 1 aliphatic rings. The van der Waals surface area contributed by atoms with Crippen molar-refractivity contribution in [3.63, 3.8) is 0 Å². The highest BCUT2D eigenvalue weighted by Crippen LogP contribution is 2.35. The van der Waals surface area contributed by atoms with Crippen molar-refractivity contribution in [2.45, 2.75) is 39.7 Å². The molecule has 34 heavy (non-hydrogen) atoms. The van der Waals surface area contributed by atoms with Gasteiger partial charge in [-0.25, -0.2) is 19.0 Å². The van der Waals surface area contributed by atoms with E-state index in [1.807, 2.05) is 0 Å². The number of hydrazine groups is 1. The smallest absolute Gasteiger partial charge is 0.339 e. The Labute approximate surface area is 197 Å². The summed E-state index contributed by atoms with van der Waals surface area (Å²) in [5.74, 6) is -2.53. The van der Waals surface area contributed by atoms with Gasteiger partial charge in [-0.15, -0.1) is 5.17 Å². The molecule has 0 fully saturated rings. The summed E-state index contributed by atoms with van der Waals surface area (Å²) in [4.78, 5) is 48.8. The van der Waals surface area contributed by atoms with Gasteiger partial charge in [0.2, 0.25) is 0 Å². The van der Waals surface area contributed by atoms with Crippen molar-refractivity contribution < 1.29 is 28.3 Å². The normalized spacial score (nSPS) is 15.9. The average molecular weight is 471 g/mol. The number of anilines is 1. The summed E-state index contributed by atoms with van der Waals surface area (Å²) < 4.78 is 19.5. The van der Waals surface area contributed by atoms with Crippen molar-refractivity contribution in [1.29, 1.82) is 0 Å². The Morgan fingerprint density at radius 3 is 2.59 bits per heavy atom. The molecule has 180 valence electrons. The fourth-order valence-corrected chi connectivity index (χ4v) is 3.52. The molecule has 0 bridgehead atoms. The van der Waals surface area contributed by atoms with E-state index in [1.165, 1.54) is 29.4 Å². The molecule has 1 amide bonds. The standard InChI is InChI=1S/C24H27FN4O5/c1-4-9-19(30)34-29-22(16-10-7-11-17(25)14-16)20(24(32)33-6-3)21(23(31)28(29)5-2)27-18-12-8-13-26-15-18/h7-8,10-15,21,27H,4-6,9H2,1-3H3. The number of carbonyl (C=O) groups excluding carboxylic acids is 3. The summed E-state index contributed by atoms with van der Waals surface area (Å²) in [5.41, 5.74) is 0.630. The third-order valence-corrected chi connectivity index (χ3v) is 4.96. The molecular weight excluding hydrogens is 443 g/mol. The number of likely N-dealkylation sites (N-methyl/N-ethyl adjacent to an activating group) is 1. The summed E-state index contributed by atoms with van der Waals surface area (Å²) >= 11 is 0. The molecule has 1 aromatic carbocycles. The molecule has 3 rings (SSSR count). The lowest BCUT2D eigenvalue weighted by molar-refractivity contribution is -0.233. The molecule has 1 unspecified atom stereocenters. The van der Waals surface area contributed by atoms with E-state index >= 15 is 0 Å². The third-order valence-electron chi connectivity index (χ3n) is 4.96. The van der Waals surface area contributed by atoms with E-state index in [0.717, 1.165) is 5.17 Å². The quantitative estimate of drug-likeness (QED) is 0.557. The van der Waals surface area contributed by atoms with E-state index in [0.29, 0.717) is 12.1 Å². The maximum absolute atomic E-state index is 14.2. The van der Waals surface area contributed by atoms with Crippen molar-refractivity contribution in [3.8, 4) is 0 Å². The second-order valence-corrected chi connectivity index (χ2v) is 7.35. The molecule has 2 heterocycles. The number of esters is 1. The van der Waals surface area contributed by atoms with Crippen molar-refractivity contribution in [2.24, 2.45) is 0 Å². The van der Waals surface area contributed by atoms with E-state index < -0.39 is 29.7 Å². The van der Waals surface area contributed by atoms with Crippen LogP contribution in [0.4, 0.5) is 10.1 Å².